The average molecular weight is 514 g/mol. The van der Waals surface area contributed by atoms with Crippen LogP contribution in [0.5, 0.6) is 5.75 Å². The fraction of sp³-hybridized carbons (Fsp3) is 0.300. The number of rotatable bonds is 8. The van der Waals surface area contributed by atoms with Crippen molar-refractivity contribution < 1.29 is 9.53 Å². The minimum atomic E-state index is -0.278. The molecule has 2 aromatic rings. The van der Waals surface area contributed by atoms with Gasteiger partial charge < -0.3 is 10.1 Å². The number of nitrogens with one attached hydrogen (secondary N) is 2. The van der Waals surface area contributed by atoms with E-state index in [4.69, 9.17) is 17.0 Å². The van der Waals surface area contributed by atoms with E-state index in [1.807, 2.05) is 24.3 Å². The molecule has 0 bridgehead atoms. The number of thiocarbonyl (C=S) groups is 1. The standard InChI is InChI=1S/C20H22Br2N2O2S/c1-2-3-4-5-12-26-18-11-6-14(13-17(18)22)19(25)24-20(27)23-16-9-7-15(21)8-10-16/h6-11,13H,2-5,12H2,1H3,(H2,23,24,25,27). The summed E-state index contributed by atoms with van der Waals surface area (Å²) < 4.78 is 7.49. The van der Waals surface area contributed by atoms with E-state index in [9.17, 15) is 4.79 Å². The van der Waals surface area contributed by atoms with Crippen molar-refractivity contribution in [3.05, 3.63) is 57.0 Å². The number of unbranched alkanes of at least 4 members (excludes halogenated alkanes) is 3. The molecular weight excluding hydrogens is 492 g/mol. The fourth-order valence-corrected chi connectivity index (χ4v) is 3.31. The van der Waals surface area contributed by atoms with E-state index in [-0.39, 0.29) is 11.0 Å². The van der Waals surface area contributed by atoms with Gasteiger partial charge in [0.25, 0.3) is 5.91 Å². The van der Waals surface area contributed by atoms with Crippen LogP contribution in [0, 0.1) is 0 Å². The zero-order chi connectivity index (χ0) is 19.6. The van der Waals surface area contributed by atoms with Gasteiger partial charge in [0.1, 0.15) is 5.75 Å². The summed E-state index contributed by atoms with van der Waals surface area (Å²) in [4.78, 5) is 12.4. The van der Waals surface area contributed by atoms with Crippen LogP contribution < -0.4 is 15.4 Å². The molecule has 0 spiro atoms. The molecule has 0 radical (unpaired) electrons. The van der Waals surface area contributed by atoms with Crippen LogP contribution in [0.4, 0.5) is 5.69 Å². The summed E-state index contributed by atoms with van der Waals surface area (Å²) in [6.07, 6.45) is 4.61. The summed E-state index contributed by atoms with van der Waals surface area (Å²) in [5, 5.41) is 5.91. The van der Waals surface area contributed by atoms with E-state index in [0.29, 0.717) is 12.2 Å². The summed E-state index contributed by atoms with van der Waals surface area (Å²) in [5.41, 5.74) is 1.30. The maximum atomic E-state index is 12.4. The van der Waals surface area contributed by atoms with Crippen molar-refractivity contribution in [3.8, 4) is 5.75 Å². The lowest BCUT2D eigenvalue weighted by atomic mass is 10.2. The molecule has 27 heavy (non-hydrogen) atoms. The average Bonchev–Trinajstić information content (AvgIpc) is 2.64. The Morgan fingerprint density at radius 3 is 2.48 bits per heavy atom. The van der Waals surface area contributed by atoms with Crippen molar-refractivity contribution in [2.24, 2.45) is 0 Å². The van der Waals surface area contributed by atoms with Gasteiger partial charge in [-0.25, -0.2) is 0 Å². The zero-order valence-electron chi connectivity index (χ0n) is 15.1. The predicted octanol–water partition coefficient (Wildman–Crippen LogP) is 6.30. The Labute approximate surface area is 182 Å². The molecule has 4 nitrogen and oxygen atoms in total. The van der Waals surface area contributed by atoms with E-state index in [1.54, 1.807) is 18.2 Å². The smallest absolute Gasteiger partial charge is 0.257 e. The molecule has 0 aliphatic rings. The molecule has 0 saturated heterocycles. The Morgan fingerprint density at radius 2 is 1.81 bits per heavy atom. The number of hydrogen-bond acceptors (Lipinski definition) is 3. The van der Waals surface area contributed by atoms with Gasteiger partial charge in [0.15, 0.2) is 5.11 Å². The highest BCUT2D eigenvalue weighted by Gasteiger charge is 2.11. The van der Waals surface area contributed by atoms with Gasteiger partial charge in [0, 0.05) is 15.7 Å². The molecule has 0 unspecified atom stereocenters. The maximum Gasteiger partial charge on any atom is 0.257 e. The van der Waals surface area contributed by atoms with Crippen molar-refractivity contribution in [3.63, 3.8) is 0 Å². The van der Waals surface area contributed by atoms with Gasteiger partial charge in [-0.2, -0.15) is 0 Å². The third-order valence-electron chi connectivity index (χ3n) is 3.78. The van der Waals surface area contributed by atoms with Gasteiger partial charge in [0.05, 0.1) is 11.1 Å². The third kappa shape index (κ3) is 7.60. The van der Waals surface area contributed by atoms with Gasteiger partial charge >= 0.3 is 0 Å². The Balaban J connectivity index is 1.87. The van der Waals surface area contributed by atoms with Gasteiger partial charge in [-0.1, -0.05) is 42.1 Å². The van der Waals surface area contributed by atoms with Crippen LogP contribution in [0.25, 0.3) is 0 Å². The molecule has 0 aliphatic carbocycles. The molecule has 144 valence electrons. The predicted molar refractivity (Wildman–Crippen MR) is 122 cm³/mol. The molecule has 2 aromatic carbocycles. The van der Waals surface area contributed by atoms with Crippen LogP contribution in [0.3, 0.4) is 0 Å². The molecule has 7 heteroatoms. The van der Waals surface area contributed by atoms with Crippen molar-refractivity contribution in [1.82, 2.24) is 5.32 Å². The van der Waals surface area contributed by atoms with E-state index in [2.05, 4.69) is 49.4 Å². The van der Waals surface area contributed by atoms with Gasteiger partial charge in [-0.05, 0) is 77.0 Å². The highest BCUT2D eigenvalue weighted by atomic mass is 79.9. The summed E-state index contributed by atoms with van der Waals surface area (Å²) in [6.45, 7) is 2.85. The van der Waals surface area contributed by atoms with E-state index < -0.39 is 0 Å². The zero-order valence-corrected chi connectivity index (χ0v) is 19.0. The second kappa shape index (κ2) is 11.4. The molecule has 2 rings (SSSR count). The van der Waals surface area contributed by atoms with Gasteiger partial charge in [-0.15, -0.1) is 0 Å². The van der Waals surface area contributed by atoms with Crippen molar-refractivity contribution in [2.75, 3.05) is 11.9 Å². The van der Waals surface area contributed by atoms with E-state index >= 15 is 0 Å². The number of amides is 1. The topological polar surface area (TPSA) is 50.4 Å². The van der Waals surface area contributed by atoms with Crippen LogP contribution in [0.2, 0.25) is 0 Å². The monoisotopic (exact) mass is 512 g/mol. The van der Waals surface area contributed by atoms with Crippen LogP contribution in [0.15, 0.2) is 51.4 Å². The first-order valence-corrected chi connectivity index (χ1v) is 10.8. The lowest BCUT2D eigenvalue weighted by Crippen LogP contribution is -2.34. The van der Waals surface area contributed by atoms with Crippen molar-refractivity contribution >= 4 is 60.8 Å². The van der Waals surface area contributed by atoms with Crippen LogP contribution in [-0.4, -0.2) is 17.6 Å². The highest BCUT2D eigenvalue weighted by molar-refractivity contribution is 9.10. The number of anilines is 1. The second-order valence-corrected chi connectivity index (χ2v) is 8.15. The number of ether oxygens (including phenoxy) is 1. The molecule has 0 fully saturated rings. The van der Waals surface area contributed by atoms with Gasteiger partial charge in [0.2, 0.25) is 0 Å². The summed E-state index contributed by atoms with van der Waals surface area (Å²) in [7, 11) is 0. The Morgan fingerprint density at radius 1 is 1.07 bits per heavy atom. The number of benzene rings is 2. The van der Waals surface area contributed by atoms with Crippen molar-refractivity contribution in [2.45, 2.75) is 32.6 Å². The second-order valence-electron chi connectivity index (χ2n) is 5.97. The lowest BCUT2D eigenvalue weighted by molar-refractivity contribution is 0.0977. The number of halogens is 2. The van der Waals surface area contributed by atoms with E-state index in [0.717, 1.165) is 33.2 Å². The molecular formula is C20H22Br2N2O2S. The maximum absolute atomic E-state index is 12.4. The Bertz CT molecular complexity index is 782. The first-order valence-electron chi connectivity index (χ1n) is 8.80. The number of hydrogen-bond donors (Lipinski definition) is 2. The molecule has 2 N–H and O–H groups in total. The molecule has 0 saturated carbocycles. The first kappa shape index (κ1) is 21.9. The Kier molecular flexibility index (Phi) is 9.24. The highest BCUT2D eigenvalue weighted by Crippen LogP contribution is 2.26. The quantitative estimate of drug-likeness (QED) is 0.321. The lowest BCUT2D eigenvalue weighted by Gasteiger charge is -2.12. The normalized spacial score (nSPS) is 10.3. The number of carbonyl (C=O) groups excluding carboxylic acids is 1. The fourth-order valence-electron chi connectivity index (χ4n) is 2.34. The summed E-state index contributed by atoms with van der Waals surface area (Å²) in [5.74, 6) is 0.457. The Hall–Kier alpha value is -1.44. The molecule has 1 amide bonds. The third-order valence-corrected chi connectivity index (χ3v) is 5.13. The summed E-state index contributed by atoms with van der Waals surface area (Å²) in [6, 6.07) is 12.8. The van der Waals surface area contributed by atoms with Crippen LogP contribution >= 0.6 is 44.1 Å². The van der Waals surface area contributed by atoms with Gasteiger partial charge in [-0.3, -0.25) is 10.1 Å². The molecule has 0 heterocycles. The first-order chi connectivity index (χ1) is 13.0. The van der Waals surface area contributed by atoms with E-state index in [1.165, 1.54) is 12.8 Å². The minimum absolute atomic E-state index is 0.245. The van der Waals surface area contributed by atoms with Crippen LogP contribution in [0.1, 0.15) is 43.0 Å². The molecule has 0 aliphatic heterocycles. The summed E-state index contributed by atoms with van der Waals surface area (Å²) >= 11 is 12.0. The molecule has 0 atom stereocenters. The van der Waals surface area contributed by atoms with Crippen LogP contribution in [-0.2, 0) is 0 Å². The SMILES string of the molecule is CCCCCCOc1ccc(C(=O)NC(=S)Nc2ccc(Br)cc2)cc1Br. The number of carbonyl (C=O) groups is 1. The minimum Gasteiger partial charge on any atom is -0.492 e. The van der Waals surface area contributed by atoms with Crippen molar-refractivity contribution in [1.29, 1.82) is 0 Å². The molecule has 0 aromatic heterocycles. The largest absolute Gasteiger partial charge is 0.492 e.